The molecule has 0 N–H and O–H groups in total. The molecule has 1 aromatic heterocycles. The van der Waals surface area contributed by atoms with Crippen LogP contribution in [0.2, 0.25) is 10.0 Å². The van der Waals surface area contributed by atoms with Crippen molar-refractivity contribution in [1.29, 1.82) is 0 Å². The van der Waals surface area contributed by atoms with E-state index >= 15 is 0 Å². The second-order valence-corrected chi connectivity index (χ2v) is 8.29. The van der Waals surface area contributed by atoms with Gasteiger partial charge in [0.1, 0.15) is 0 Å². The summed E-state index contributed by atoms with van der Waals surface area (Å²) < 4.78 is 0. The van der Waals surface area contributed by atoms with Gasteiger partial charge in [-0.3, -0.25) is 4.79 Å². The summed E-state index contributed by atoms with van der Waals surface area (Å²) in [6.45, 7) is 1.63. The van der Waals surface area contributed by atoms with Gasteiger partial charge >= 0.3 is 0 Å². The van der Waals surface area contributed by atoms with E-state index in [0.717, 1.165) is 41.2 Å². The number of halogens is 2. The van der Waals surface area contributed by atoms with Crippen LogP contribution >= 0.6 is 34.5 Å². The van der Waals surface area contributed by atoms with Crippen molar-refractivity contribution in [3.63, 3.8) is 0 Å². The van der Waals surface area contributed by atoms with Crippen molar-refractivity contribution >= 4 is 40.4 Å². The number of hydrogen-bond acceptors (Lipinski definition) is 3. The van der Waals surface area contributed by atoms with Gasteiger partial charge in [-0.1, -0.05) is 23.2 Å². The molecule has 3 nitrogen and oxygen atoms in total. The third-order valence-electron chi connectivity index (χ3n) is 4.38. The topological polar surface area (TPSA) is 23.6 Å². The van der Waals surface area contributed by atoms with Gasteiger partial charge in [-0.2, -0.15) is 0 Å². The van der Waals surface area contributed by atoms with Crippen LogP contribution in [0.1, 0.15) is 22.5 Å². The maximum Gasteiger partial charge on any atom is 0.263 e. The molecule has 24 heavy (non-hydrogen) atoms. The van der Waals surface area contributed by atoms with Crippen LogP contribution in [-0.4, -0.2) is 48.9 Å². The Morgan fingerprint density at radius 1 is 1.21 bits per heavy atom. The number of piperidine rings is 1. The van der Waals surface area contributed by atoms with Crippen LogP contribution in [0, 0.1) is 0 Å². The zero-order valence-electron chi connectivity index (χ0n) is 13.8. The SMILES string of the molecule is CN(C)C1CCCN(C(=O)c2ccc(-c3cc(Cl)cc(Cl)c3)s2)C1. The lowest BCUT2D eigenvalue weighted by atomic mass is 10.0. The Morgan fingerprint density at radius 3 is 2.58 bits per heavy atom. The summed E-state index contributed by atoms with van der Waals surface area (Å²) in [5.41, 5.74) is 0.946. The van der Waals surface area contributed by atoms with Gasteiger partial charge in [-0.15, -0.1) is 11.3 Å². The van der Waals surface area contributed by atoms with Gasteiger partial charge in [0, 0.05) is 34.1 Å². The summed E-state index contributed by atoms with van der Waals surface area (Å²) in [7, 11) is 4.15. The molecule has 128 valence electrons. The van der Waals surface area contributed by atoms with E-state index in [9.17, 15) is 4.79 Å². The second-order valence-electron chi connectivity index (χ2n) is 6.33. The fourth-order valence-corrected chi connectivity index (χ4v) is 4.51. The summed E-state index contributed by atoms with van der Waals surface area (Å²) in [6, 6.07) is 9.76. The molecule has 0 bridgehead atoms. The lowest BCUT2D eigenvalue weighted by molar-refractivity contribution is 0.0640. The molecule has 6 heteroatoms. The van der Waals surface area contributed by atoms with Crippen LogP contribution in [0.15, 0.2) is 30.3 Å². The van der Waals surface area contributed by atoms with Crippen molar-refractivity contribution in [1.82, 2.24) is 9.80 Å². The molecule has 0 spiro atoms. The van der Waals surface area contributed by atoms with E-state index in [1.54, 1.807) is 6.07 Å². The van der Waals surface area contributed by atoms with Crippen LogP contribution in [0.4, 0.5) is 0 Å². The van der Waals surface area contributed by atoms with Crippen LogP contribution in [0.3, 0.4) is 0 Å². The highest BCUT2D eigenvalue weighted by atomic mass is 35.5. The largest absolute Gasteiger partial charge is 0.336 e. The summed E-state index contributed by atoms with van der Waals surface area (Å²) >= 11 is 13.6. The van der Waals surface area contributed by atoms with Crippen molar-refractivity contribution in [3.8, 4) is 10.4 Å². The molecule has 1 saturated heterocycles. The Morgan fingerprint density at radius 2 is 1.92 bits per heavy atom. The van der Waals surface area contributed by atoms with E-state index in [-0.39, 0.29) is 5.91 Å². The molecule has 1 aromatic carbocycles. The highest BCUT2D eigenvalue weighted by Crippen LogP contribution is 2.33. The predicted octanol–water partition coefficient (Wildman–Crippen LogP) is 4.89. The molecule has 1 aliphatic heterocycles. The Bertz CT molecular complexity index is 724. The molecule has 0 radical (unpaired) electrons. The molecule has 1 aliphatic rings. The first kappa shape index (κ1) is 17.7. The Balaban J connectivity index is 1.78. The summed E-state index contributed by atoms with van der Waals surface area (Å²) in [5, 5.41) is 1.20. The van der Waals surface area contributed by atoms with Gasteiger partial charge in [-0.25, -0.2) is 0 Å². The maximum absolute atomic E-state index is 12.8. The van der Waals surface area contributed by atoms with Crippen molar-refractivity contribution in [2.75, 3.05) is 27.2 Å². The van der Waals surface area contributed by atoms with E-state index in [4.69, 9.17) is 23.2 Å². The van der Waals surface area contributed by atoms with Gasteiger partial charge < -0.3 is 9.80 Å². The van der Waals surface area contributed by atoms with E-state index in [1.165, 1.54) is 11.3 Å². The van der Waals surface area contributed by atoms with Crippen LogP contribution < -0.4 is 0 Å². The lowest BCUT2D eigenvalue weighted by Crippen LogP contribution is -2.47. The first-order chi connectivity index (χ1) is 11.4. The first-order valence-corrected chi connectivity index (χ1v) is 9.53. The summed E-state index contributed by atoms with van der Waals surface area (Å²) in [6.07, 6.45) is 2.20. The minimum atomic E-state index is 0.117. The number of carbonyl (C=O) groups is 1. The van der Waals surface area contributed by atoms with Crippen molar-refractivity contribution < 1.29 is 4.79 Å². The molecular formula is C18H20Cl2N2OS. The number of hydrogen-bond donors (Lipinski definition) is 0. The van der Waals surface area contributed by atoms with E-state index in [1.807, 2.05) is 29.2 Å². The molecule has 1 unspecified atom stereocenters. The van der Waals surface area contributed by atoms with Crippen LogP contribution in [0.5, 0.6) is 0 Å². The van der Waals surface area contributed by atoms with Gasteiger partial charge in [0.25, 0.3) is 5.91 Å². The standard InChI is InChI=1S/C18H20Cl2N2OS/c1-21(2)15-4-3-7-22(11-15)18(23)17-6-5-16(24-17)12-8-13(19)10-14(20)9-12/h5-6,8-10,15H,3-4,7,11H2,1-2H3. The average Bonchev–Trinajstić information content (AvgIpc) is 3.03. The molecule has 0 saturated carbocycles. The molecule has 1 atom stereocenters. The Labute approximate surface area is 156 Å². The zero-order chi connectivity index (χ0) is 17.3. The molecule has 1 amide bonds. The highest BCUT2D eigenvalue weighted by molar-refractivity contribution is 7.17. The number of likely N-dealkylation sites (N-methyl/N-ethyl adjacent to an activating group) is 1. The third-order valence-corrected chi connectivity index (χ3v) is 5.94. The molecule has 3 rings (SSSR count). The van der Waals surface area contributed by atoms with E-state index in [0.29, 0.717) is 16.1 Å². The van der Waals surface area contributed by atoms with Gasteiger partial charge in [0.2, 0.25) is 0 Å². The quantitative estimate of drug-likeness (QED) is 0.754. The van der Waals surface area contributed by atoms with Crippen LogP contribution in [-0.2, 0) is 0 Å². The summed E-state index contributed by atoms with van der Waals surface area (Å²) in [5.74, 6) is 0.117. The third kappa shape index (κ3) is 3.94. The smallest absolute Gasteiger partial charge is 0.263 e. The van der Waals surface area contributed by atoms with Gasteiger partial charge in [-0.05, 0) is 62.8 Å². The number of rotatable bonds is 3. The number of benzene rings is 1. The number of thiophene rings is 1. The monoisotopic (exact) mass is 382 g/mol. The first-order valence-electron chi connectivity index (χ1n) is 7.96. The fraction of sp³-hybridized carbons (Fsp3) is 0.389. The average molecular weight is 383 g/mol. The molecule has 1 fully saturated rings. The van der Waals surface area contributed by atoms with Crippen LogP contribution in [0.25, 0.3) is 10.4 Å². The summed E-state index contributed by atoms with van der Waals surface area (Å²) in [4.78, 5) is 18.7. The van der Waals surface area contributed by atoms with Crippen molar-refractivity contribution in [2.45, 2.75) is 18.9 Å². The predicted molar refractivity (Wildman–Crippen MR) is 102 cm³/mol. The maximum atomic E-state index is 12.8. The lowest BCUT2D eigenvalue weighted by Gasteiger charge is -2.35. The van der Waals surface area contributed by atoms with Crippen molar-refractivity contribution in [2.24, 2.45) is 0 Å². The Hall–Kier alpha value is -1.07. The molecule has 2 aromatic rings. The number of carbonyl (C=O) groups excluding carboxylic acids is 1. The number of amides is 1. The fourth-order valence-electron chi connectivity index (χ4n) is 3.02. The minimum absolute atomic E-state index is 0.117. The Kier molecular flexibility index (Phi) is 5.50. The molecular weight excluding hydrogens is 363 g/mol. The normalized spacial score (nSPS) is 18.2. The zero-order valence-corrected chi connectivity index (χ0v) is 16.1. The second kappa shape index (κ2) is 7.44. The van der Waals surface area contributed by atoms with E-state index < -0.39 is 0 Å². The number of nitrogens with zero attached hydrogens (tertiary/aromatic N) is 2. The minimum Gasteiger partial charge on any atom is -0.336 e. The highest BCUT2D eigenvalue weighted by Gasteiger charge is 2.26. The van der Waals surface area contributed by atoms with Gasteiger partial charge in [0.15, 0.2) is 0 Å². The van der Waals surface area contributed by atoms with Gasteiger partial charge in [0.05, 0.1) is 4.88 Å². The number of likely N-dealkylation sites (tertiary alicyclic amines) is 1. The van der Waals surface area contributed by atoms with E-state index in [2.05, 4.69) is 19.0 Å². The molecule has 2 heterocycles. The van der Waals surface area contributed by atoms with Crippen molar-refractivity contribution in [3.05, 3.63) is 45.3 Å². The molecule has 0 aliphatic carbocycles.